The summed E-state index contributed by atoms with van der Waals surface area (Å²) in [6.45, 7) is 11.0. The predicted octanol–water partition coefficient (Wildman–Crippen LogP) is 2.95. The molecule has 0 saturated carbocycles. The Bertz CT molecular complexity index is 176. The minimum atomic E-state index is 0. The zero-order valence-corrected chi connectivity index (χ0v) is 9.88. The monoisotopic (exact) mass is 180 g/mol. The second-order valence-corrected chi connectivity index (χ2v) is 3.12. The van der Waals surface area contributed by atoms with Crippen LogP contribution in [0, 0.1) is 34.6 Å². The summed E-state index contributed by atoms with van der Waals surface area (Å²) in [7, 11) is 0. The molecule has 0 N–H and O–H groups in total. The molecule has 0 nitrogen and oxygen atoms in total. The summed E-state index contributed by atoms with van der Waals surface area (Å²) in [6.07, 6.45) is 0. The molecule has 0 saturated heterocycles. The van der Waals surface area contributed by atoms with E-state index in [4.69, 9.17) is 0 Å². The van der Waals surface area contributed by atoms with Crippen LogP contribution in [0.3, 0.4) is 0 Å². The Labute approximate surface area is 88.2 Å². The molecule has 1 heteroatoms. The summed E-state index contributed by atoms with van der Waals surface area (Å²) < 4.78 is 0. The molecule has 0 heterocycles. The molecule has 0 aliphatic heterocycles. The molecule has 0 amide bonds. The Morgan fingerprint density at radius 3 is 1.18 bits per heavy atom. The summed E-state index contributed by atoms with van der Waals surface area (Å²) in [5.74, 6) is 0. The molecule has 0 atom stereocenters. The van der Waals surface area contributed by atoms with Crippen LogP contribution in [-0.4, -0.2) is 0 Å². The Morgan fingerprint density at radius 2 is 1.09 bits per heavy atom. The Kier molecular flexibility index (Phi) is 3.83. The van der Waals surface area contributed by atoms with Gasteiger partial charge < -0.3 is 0 Å². The SMILES string of the molecule is Cc1c(C)c(C)[c-](C)c1C.[Sc]. The van der Waals surface area contributed by atoms with Gasteiger partial charge in [0, 0.05) is 25.8 Å². The first-order valence-corrected chi connectivity index (χ1v) is 3.75. The molecule has 0 aliphatic carbocycles. The molecule has 59 valence electrons. The third-order valence-electron chi connectivity index (χ3n) is 2.81. The smallest absolute Gasteiger partial charge is 0 e. The van der Waals surface area contributed by atoms with Crippen LogP contribution in [-0.2, 0) is 25.8 Å². The van der Waals surface area contributed by atoms with Crippen LogP contribution < -0.4 is 0 Å². The molecule has 0 bridgehead atoms. The predicted molar refractivity (Wildman–Crippen MR) is 45.7 cm³/mol. The van der Waals surface area contributed by atoms with Crippen molar-refractivity contribution in [3.8, 4) is 0 Å². The number of hydrogen-bond donors (Lipinski definition) is 0. The van der Waals surface area contributed by atoms with Crippen molar-refractivity contribution >= 4 is 0 Å². The topological polar surface area (TPSA) is 0 Å². The van der Waals surface area contributed by atoms with Crippen LogP contribution >= 0.6 is 0 Å². The van der Waals surface area contributed by atoms with E-state index in [1.54, 1.807) is 0 Å². The fourth-order valence-corrected chi connectivity index (χ4v) is 1.41. The van der Waals surface area contributed by atoms with Gasteiger partial charge in [0.25, 0.3) is 0 Å². The van der Waals surface area contributed by atoms with Gasteiger partial charge in [-0.05, 0) is 0 Å². The van der Waals surface area contributed by atoms with E-state index in [1.807, 2.05) is 0 Å². The average Bonchev–Trinajstić information content (AvgIpc) is 2.07. The van der Waals surface area contributed by atoms with Crippen molar-refractivity contribution in [2.75, 3.05) is 0 Å². The average molecular weight is 180 g/mol. The van der Waals surface area contributed by atoms with Crippen LogP contribution in [0.1, 0.15) is 27.8 Å². The zero-order chi connectivity index (χ0) is 7.89. The Morgan fingerprint density at radius 1 is 0.818 bits per heavy atom. The van der Waals surface area contributed by atoms with Gasteiger partial charge in [0.1, 0.15) is 0 Å². The number of rotatable bonds is 0. The van der Waals surface area contributed by atoms with Crippen LogP contribution in [0.4, 0.5) is 0 Å². The molecule has 1 rings (SSSR count). The van der Waals surface area contributed by atoms with Crippen molar-refractivity contribution in [2.24, 2.45) is 0 Å². The third-order valence-corrected chi connectivity index (χ3v) is 2.81. The first kappa shape index (κ1) is 11.2. The maximum Gasteiger partial charge on any atom is 0 e. The fourth-order valence-electron chi connectivity index (χ4n) is 1.41. The normalized spacial score (nSPS) is 9.55. The second-order valence-electron chi connectivity index (χ2n) is 3.12. The first-order chi connectivity index (χ1) is 4.55. The molecule has 0 spiro atoms. The minimum Gasteiger partial charge on any atom is -0.196 e. The van der Waals surface area contributed by atoms with E-state index < -0.39 is 0 Å². The fraction of sp³-hybridized carbons (Fsp3) is 0.500. The summed E-state index contributed by atoms with van der Waals surface area (Å²) in [5, 5.41) is 0. The van der Waals surface area contributed by atoms with E-state index in [0.717, 1.165) is 0 Å². The van der Waals surface area contributed by atoms with E-state index >= 15 is 0 Å². The van der Waals surface area contributed by atoms with E-state index in [-0.39, 0.29) is 25.8 Å². The number of hydrogen-bond acceptors (Lipinski definition) is 0. The third kappa shape index (κ3) is 1.69. The van der Waals surface area contributed by atoms with Gasteiger partial charge in [-0.15, -0.1) is 0 Å². The van der Waals surface area contributed by atoms with Crippen LogP contribution in [0.25, 0.3) is 0 Å². The van der Waals surface area contributed by atoms with Crippen LogP contribution in [0.5, 0.6) is 0 Å². The molecule has 1 radical (unpaired) electrons. The molecule has 11 heavy (non-hydrogen) atoms. The molecular weight excluding hydrogens is 165 g/mol. The van der Waals surface area contributed by atoms with Crippen molar-refractivity contribution in [3.05, 3.63) is 27.8 Å². The molecule has 0 unspecified atom stereocenters. The minimum absolute atomic E-state index is 0. The van der Waals surface area contributed by atoms with Gasteiger partial charge in [0.15, 0.2) is 0 Å². The summed E-state index contributed by atoms with van der Waals surface area (Å²) in [5.41, 5.74) is 7.34. The van der Waals surface area contributed by atoms with Crippen molar-refractivity contribution in [3.63, 3.8) is 0 Å². The molecule has 0 aliphatic rings. The molecule has 0 aromatic heterocycles. The Hall–Kier alpha value is 0.220. The van der Waals surface area contributed by atoms with Crippen LogP contribution in [0.15, 0.2) is 0 Å². The van der Waals surface area contributed by atoms with Crippen molar-refractivity contribution in [1.29, 1.82) is 0 Å². The van der Waals surface area contributed by atoms with Gasteiger partial charge in [0.05, 0.1) is 0 Å². The van der Waals surface area contributed by atoms with E-state index in [2.05, 4.69) is 34.6 Å². The molecule has 0 fully saturated rings. The molecular formula is C10H15Sc-. The van der Waals surface area contributed by atoms with E-state index in [0.29, 0.717) is 0 Å². The molecule has 1 aromatic carbocycles. The standard InChI is InChI=1S/C10H15.Sc/c1-6-7(2)9(4)10(5)8(6)3;/h1-5H3;/q-1;. The largest absolute Gasteiger partial charge is 0.196 e. The summed E-state index contributed by atoms with van der Waals surface area (Å²) in [4.78, 5) is 0. The van der Waals surface area contributed by atoms with Gasteiger partial charge in [-0.2, -0.15) is 27.8 Å². The maximum atomic E-state index is 2.20. The van der Waals surface area contributed by atoms with Gasteiger partial charge >= 0.3 is 0 Å². The molecule has 1 aromatic rings. The first-order valence-electron chi connectivity index (χ1n) is 3.75. The summed E-state index contributed by atoms with van der Waals surface area (Å²) >= 11 is 0. The van der Waals surface area contributed by atoms with Gasteiger partial charge in [-0.3, -0.25) is 0 Å². The van der Waals surface area contributed by atoms with Gasteiger partial charge in [-0.25, -0.2) is 0 Å². The van der Waals surface area contributed by atoms with Crippen molar-refractivity contribution in [1.82, 2.24) is 0 Å². The van der Waals surface area contributed by atoms with Crippen LogP contribution in [0.2, 0.25) is 0 Å². The van der Waals surface area contributed by atoms with Gasteiger partial charge in [0.2, 0.25) is 0 Å². The second kappa shape index (κ2) is 3.75. The van der Waals surface area contributed by atoms with E-state index in [1.165, 1.54) is 27.8 Å². The quantitative estimate of drug-likeness (QED) is 0.538. The van der Waals surface area contributed by atoms with Crippen molar-refractivity contribution < 1.29 is 25.8 Å². The maximum absolute atomic E-state index is 2.20. The van der Waals surface area contributed by atoms with E-state index in [9.17, 15) is 0 Å². The zero-order valence-electron chi connectivity index (χ0n) is 8.08. The summed E-state index contributed by atoms with van der Waals surface area (Å²) in [6, 6.07) is 0. The van der Waals surface area contributed by atoms with Crippen molar-refractivity contribution in [2.45, 2.75) is 34.6 Å². The Balaban J connectivity index is 0.000001000. The van der Waals surface area contributed by atoms with Gasteiger partial charge in [-0.1, -0.05) is 34.6 Å².